The Labute approximate surface area is 123 Å². The molecule has 1 heterocycles. The molecule has 0 aliphatic carbocycles. The van der Waals surface area contributed by atoms with Crippen LogP contribution in [0.5, 0.6) is 0 Å². The molecule has 0 bridgehead atoms. The molecule has 0 saturated carbocycles. The van der Waals surface area contributed by atoms with Gasteiger partial charge in [-0.05, 0) is 35.0 Å². The first-order valence-electron chi connectivity index (χ1n) is 6.04. The van der Waals surface area contributed by atoms with E-state index in [9.17, 15) is 4.79 Å². The van der Waals surface area contributed by atoms with Gasteiger partial charge in [-0.1, -0.05) is 28.1 Å². The summed E-state index contributed by atoms with van der Waals surface area (Å²) in [5, 5.41) is 11.3. The number of hydrogen-bond donors (Lipinski definition) is 2. The van der Waals surface area contributed by atoms with Crippen molar-refractivity contribution in [2.24, 2.45) is 0 Å². The van der Waals surface area contributed by atoms with Gasteiger partial charge >= 0.3 is 0 Å². The molecule has 0 saturated heterocycles. The number of nitrogens with one attached hydrogen (secondary N) is 2. The van der Waals surface area contributed by atoms with Crippen molar-refractivity contribution in [2.75, 3.05) is 0 Å². The molecule has 3 aromatic rings. The molecule has 3 rings (SSSR count). The average molecular weight is 331 g/mol. The SMILES string of the molecule is O=C(NCc1ncn[nH]1)c1ccc2cc(Br)ccc2c1. The van der Waals surface area contributed by atoms with Crippen LogP contribution in [0.3, 0.4) is 0 Å². The van der Waals surface area contributed by atoms with E-state index in [0.717, 1.165) is 15.2 Å². The van der Waals surface area contributed by atoms with Gasteiger partial charge in [-0.25, -0.2) is 4.98 Å². The number of aromatic amines is 1. The third kappa shape index (κ3) is 2.70. The van der Waals surface area contributed by atoms with Crippen LogP contribution >= 0.6 is 15.9 Å². The molecule has 1 amide bonds. The predicted octanol–water partition coefficient (Wildman–Crippen LogP) is 2.65. The van der Waals surface area contributed by atoms with Crippen molar-refractivity contribution in [3.63, 3.8) is 0 Å². The molecule has 0 aliphatic heterocycles. The summed E-state index contributed by atoms with van der Waals surface area (Å²) >= 11 is 3.43. The first kappa shape index (κ1) is 12.8. The highest BCUT2D eigenvalue weighted by Crippen LogP contribution is 2.20. The van der Waals surface area contributed by atoms with Crippen LogP contribution in [0.1, 0.15) is 16.2 Å². The zero-order valence-corrected chi connectivity index (χ0v) is 12.0. The number of H-pyrrole nitrogens is 1. The second-order valence-corrected chi connectivity index (χ2v) is 5.24. The largest absolute Gasteiger partial charge is 0.345 e. The Kier molecular flexibility index (Phi) is 3.47. The molecule has 0 unspecified atom stereocenters. The maximum atomic E-state index is 12.1. The van der Waals surface area contributed by atoms with Gasteiger partial charge in [0.15, 0.2) is 0 Å². The molecule has 6 heteroatoms. The summed E-state index contributed by atoms with van der Waals surface area (Å²) in [5.74, 6) is 0.495. The number of rotatable bonds is 3. The standard InChI is InChI=1S/C14H11BrN4O/c15-12-4-3-9-5-11(2-1-10(9)6-12)14(20)16-7-13-17-8-18-19-13/h1-6,8H,7H2,(H,16,20)(H,17,18,19). The van der Waals surface area contributed by atoms with Crippen molar-refractivity contribution in [1.29, 1.82) is 0 Å². The smallest absolute Gasteiger partial charge is 0.251 e. The topological polar surface area (TPSA) is 70.7 Å². The van der Waals surface area contributed by atoms with Gasteiger partial charge in [-0.2, -0.15) is 5.10 Å². The average Bonchev–Trinajstić information content (AvgIpc) is 2.97. The van der Waals surface area contributed by atoms with Crippen molar-refractivity contribution >= 4 is 32.6 Å². The third-order valence-corrected chi connectivity index (χ3v) is 3.44. The highest BCUT2D eigenvalue weighted by atomic mass is 79.9. The van der Waals surface area contributed by atoms with E-state index in [2.05, 4.69) is 36.4 Å². The van der Waals surface area contributed by atoms with E-state index in [1.165, 1.54) is 6.33 Å². The van der Waals surface area contributed by atoms with Crippen LogP contribution in [0.2, 0.25) is 0 Å². The van der Waals surface area contributed by atoms with Crippen molar-refractivity contribution < 1.29 is 4.79 Å². The van der Waals surface area contributed by atoms with Gasteiger partial charge in [0.05, 0.1) is 6.54 Å². The lowest BCUT2D eigenvalue weighted by atomic mass is 10.1. The zero-order valence-electron chi connectivity index (χ0n) is 10.4. The summed E-state index contributed by atoms with van der Waals surface area (Å²) in [6, 6.07) is 11.6. The lowest BCUT2D eigenvalue weighted by Crippen LogP contribution is -2.23. The van der Waals surface area contributed by atoms with Crippen LogP contribution < -0.4 is 5.32 Å². The van der Waals surface area contributed by atoms with E-state index in [-0.39, 0.29) is 5.91 Å². The van der Waals surface area contributed by atoms with E-state index in [1.54, 1.807) is 0 Å². The fourth-order valence-electron chi connectivity index (χ4n) is 1.94. The van der Waals surface area contributed by atoms with Gasteiger partial charge in [0.25, 0.3) is 5.91 Å². The number of aromatic nitrogens is 3. The van der Waals surface area contributed by atoms with E-state index in [0.29, 0.717) is 17.9 Å². The van der Waals surface area contributed by atoms with Crippen molar-refractivity contribution in [2.45, 2.75) is 6.54 Å². The number of carbonyl (C=O) groups is 1. The summed E-state index contributed by atoms with van der Waals surface area (Å²) in [6.07, 6.45) is 1.41. The summed E-state index contributed by atoms with van der Waals surface area (Å²) in [5.41, 5.74) is 0.624. The maximum absolute atomic E-state index is 12.1. The van der Waals surface area contributed by atoms with Crippen LogP contribution in [-0.2, 0) is 6.54 Å². The van der Waals surface area contributed by atoms with Gasteiger partial charge < -0.3 is 5.32 Å². The maximum Gasteiger partial charge on any atom is 0.251 e. The fourth-order valence-corrected chi connectivity index (χ4v) is 2.32. The molecule has 0 atom stereocenters. The van der Waals surface area contributed by atoms with Crippen LogP contribution in [0.15, 0.2) is 47.2 Å². The van der Waals surface area contributed by atoms with Gasteiger partial charge in [-0.3, -0.25) is 9.89 Å². The minimum Gasteiger partial charge on any atom is -0.345 e. The van der Waals surface area contributed by atoms with E-state index in [4.69, 9.17) is 0 Å². The molecule has 0 spiro atoms. The summed E-state index contributed by atoms with van der Waals surface area (Å²) in [4.78, 5) is 16.0. The molecule has 0 fully saturated rings. The molecule has 0 aliphatic rings. The Morgan fingerprint density at radius 3 is 2.80 bits per heavy atom. The predicted molar refractivity (Wildman–Crippen MR) is 79.2 cm³/mol. The Balaban J connectivity index is 1.79. The van der Waals surface area contributed by atoms with Crippen molar-refractivity contribution in [3.8, 4) is 0 Å². The minimum atomic E-state index is -0.133. The molecule has 2 aromatic carbocycles. The Morgan fingerprint density at radius 1 is 1.20 bits per heavy atom. The van der Waals surface area contributed by atoms with Gasteiger partial charge in [-0.15, -0.1) is 0 Å². The van der Waals surface area contributed by atoms with Crippen molar-refractivity contribution in [3.05, 3.63) is 58.6 Å². The van der Waals surface area contributed by atoms with E-state index < -0.39 is 0 Å². The van der Waals surface area contributed by atoms with Gasteiger partial charge in [0, 0.05) is 10.0 Å². The molecule has 0 radical (unpaired) electrons. The lowest BCUT2D eigenvalue weighted by molar-refractivity contribution is 0.0950. The van der Waals surface area contributed by atoms with Crippen molar-refractivity contribution in [1.82, 2.24) is 20.5 Å². The molecule has 2 N–H and O–H groups in total. The quantitative estimate of drug-likeness (QED) is 0.775. The second kappa shape index (κ2) is 5.42. The fraction of sp³-hybridized carbons (Fsp3) is 0.0714. The zero-order chi connectivity index (χ0) is 13.9. The van der Waals surface area contributed by atoms with Crippen LogP contribution in [0.4, 0.5) is 0 Å². The Hall–Kier alpha value is -2.21. The lowest BCUT2D eigenvalue weighted by Gasteiger charge is -2.05. The van der Waals surface area contributed by atoms with E-state index >= 15 is 0 Å². The van der Waals surface area contributed by atoms with Gasteiger partial charge in [0.1, 0.15) is 12.2 Å². The summed E-state index contributed by atoms with van der Waals surface area (Å²) in [6.45, 7) is 0.331. The van der Waals surface area contributed by atoms with Crippen LogP contribution in [0.25, 0.3) is 10.8 Å². The number of fused-ring (bicyclic) bond motifs is 1. The van der Waals surface area contributed by atoms with Crippen LogP contribution in [-0.4, -0.2) is 21.1 Å². The molecular weight excluding hydrogens is 320 g/mol. The van der Waals surface area contributed by atoms with Crippen LogP contribution in [0, 0.1) is 0 Å². The Morgan fingerprint density at radius 2 is 2.00 bits per heavy atom. The normalized spacial score (nSPS) is 10.7. The molecular formula is C14H11BrN4O. The first-order valence-corrected chi connectivity index (χ1v) is 6.83. The molecule has 100 valence electrons. The van der Waals surface area contributed by atoms with E-state index in [1.807, 2.05) is 36.4 Å². The highest BCUT2D eigenvalue weighted by Gasteiger charge is 2.07. The molecule has 1 aromatic heterocycles. The number of nitrogens with zero attached hydrogens (tertiary/aromatic N) is 2. The minimum absolute atomic E-state index is 0.133. The number of halogens is 1. The first-order chi connectivity index (χ1) is 9.72. The summed E-state index contributed by atoms with van der Waals surface area (Å²) in [7, 11) is 0. The third-order valence-electron chi connectivity index (χ3n) is 2.95. The summed E-state index contributed by atoms with van der Waals surface area (Å²) < 4.78 is 1.02. The highest BCUT2D eigenvalue weighted by molar-refractivity contribution is 9.10. The number of carbonyl (C=O) groups excluding carboxylic acids is 1. The number of amides is 1. The number of benzene rings is 2. The second-order valence-electron chi connectivity index (χ2n) is 4.32. The monoisotopic (exact) mass is 330 g/mol. The van der Waals surface area contributed by atoms with Gasteiger partial charge in [0.2, 0.25) is 0 Å². The number of hydrogen-bond acceptors (Lipinski definition) is 3. The molecule has 20 heavy (non-hydrogen) atoms. The Bertz CT molecular complexity index is 755. The molecule has 5 nitrogen and oxygen atoms in total.